The van der Waals surface area contributed by atoms with Crippen LogP contribution in [0.2, 0.25) is 10.0 Å². The molecule has 0 bridgehead atoms. The van der Waals surface area contributed by atoms with E-state index in [1.807, 2.05) is 0 Å². The Labute approximate surface area is 167 Å². The molecule has 0 aromatic heterocycles. The van der Waals surface area contributed by atoms with Gasteiger partial charge in [0.25, 0.3) is 11.6 Å². The second-order valence-corrected chi connectivity index (χ2v) is 6.72. The Morgan fingerprint density at radius 2 is 2.08 bits per heavy atom. The normalized spacial score (nSPS) is 11.2. The van der Waals surface area contributed by atoms with Gasteiger partial charge in [0, 0.05) is 22.7 Å². The van der Waals surface area contributed by atoms with E-state index < -0.39 is 10.8 Å². The minimum atomic E-state index is -0.521. The minimum absolute atomic E-state index is 0.0612. The zero-order valence-corrected chi connectivity index (χ0v) is 16.4. The van der Waals surface area contributed by atoms with Crippen molar-refractivity contribution in [3.63, 3.8) is 0 Å². The van der Waals surface area contributed by atoms with Crippen molar-refractivity contribution in [3.05, 3.63) is 66.6 Å². The predicted octanol–water partition coefficient (Wildman–Crippen LogP) is 4.58. The van der Waals surface area contributed by atoms with E-state index >= 15 is 0 Å². The van der Waals surface area contributed by atoms with Crippen molar-refractivity contribution >= 4 is 56.4 Å². The largest absolute Gasteiger partial charge is 0.481 e. The van der Waals surface area contributed by atoms with Crippen molar-refractivity contribution in [3.8, 4) is 5.75 Å². The Morgan fingerprint density at radius 1 is 1.35 bits per heavy atom. The van der Waals surface area contributed by atoms with Gasteiger partial charge >= 0.3 is 0 Å². The molecule has 7 nitrogen and oxygen atoms in total. The molecule has 10 heteroatoms. The van der Waals surface area contributed by atoms with E-state index in [0.29, 0.717) is 20.8 Å². The standard InChI is InChI=1S/C16H12BrCl2N3O4/c1-9(10-3-2-4-12(5-10)22(24)25)20-21-15(23)8-26-16-13(17)6-11(18)7-14(16)19/h2-7H,8H2,1H3,(H,21,23)/b20-9-. The molecule has 1 N–H and O–H groups in total. The van der Waals surface area contributed by atoms with Crippen LogP contribution in [0.1, 0.15) is 12.5 Å². The third-order valence-electron chi connectivity index (χ3n) is 3.13. The predicted molar refractivity (Wildman–Crippen MR) is 103 cm³/mol. The average molecular weight is 461 g/mol. The van der Waals surface area contributed by atoms with Gasteiger partial charge in [-0.2, -0.15) is 5.10 Å². The number of carbonyl (C=O) groups is 1. The number of nitrogens with one attached hydrogen (secondary N) is 1. The van der Waals surface area contributed by atoms with Crippen LogP contribution in [0.4, 0.5) is 5.69 Å². The van der Waals surface area contributed by atoms with E-state index in [1.165, 1.54) is 24.3 Å². The summed E-state index contributed by atoms with van der Waals surface area (Å²) >= 11 is 15.1. The van der Waals surface area contributed by atoms with E-state index in [-0.39, 0.29) is 23.1 Å². The number of ether oxygens (including phenoxy) is 1. The molecule has 0 fully saturated rings. The molecule has 0 atom stereocenters. The molecule has 1 amide bonds. The van der Waals surface area contributed by atoms with Gasteiger partial charge in [-0.3, -0.25) is 14.9 Å². The fourth-order valence-electron chi connectivity index (χ4n) is 1.89. The van der Waals surface area contributed by atoms with E-state index in [9.17, 15) is 14.9 Å². The molecular formula is C16H12BrCl2N3O4. The average Bonchev–Trinajstić information content (AvgIpc) is 2.58. The van der Waals surface area contributed by atoms with Gasteiger partial charge in [0.1, 0.15) is 0 Å². The summed E-state index contributed by atoms with van der Waals surface area (Å²) in [5.41, 5.74) is 3.19. The van der Waals surface area contributed by atoms with E-state index in [1.54, 1.807) is 19.1 Å². The maximum Gasteiger partial charge on any atom is 0.277 e. The Hall–Kier alpha value is -2.16. The van der Waals surface area contributed by atoms with Crippen molar-refractivity contribution in [2.75, 3.05) is 6.61 Å². The molecule has 26 heavy (non-hydrogen) atoms. The van der Waals surface area contributed by atoms with Crippen LogP contribution in [0.3, 0.4) is 0 Å². The summed E-state index contributed by atoms with van der Waals surface area (Å²) in [5.74, 6) is -0.238. The van der Waals surface area contributed by atoms with Gasteiger partial charge in [0.05, 0.1) is 20.1 Å². The molecule has 0 aliphatic heterocycles. The first-order valence-electron chi connectivity index (χ1n) is 7.13. The molecule has 0 spiro atoms. The van der Waals surface area contributed by atoms with Crippen LogP contribution in [-0.4, -0.2) is 23.1 Å². The first kappa shape index (κ1) is 20.2. The van der Waals surface area contributed by atoms with Crippen molar-refractivity contribution in [1.82, 2.24) is 5.43 Å². The summed E-state index contributed by atoms with van der Waals surface area (Å²) in [6, 6.07) is 9.01. The number of carbonyl (C=O) groups excluding carboxylic acids is 1. The highest BCUT2D eigenvalue weighted by molar-refractivity contribution is 9.10. The van der Waals surface area contributed by atoms with E-state index in [4.69, 9.17) is 27.9 Å². The molecule has 2 aromatic rings. The Kier molecular flexibility index (Phi) is 6.96. The number of hydrogen-bond donors (Lipinski definition) is 1. The lowest BCUT2D eigenvalue weighted by Gasteiger charge is -2.10. The van der Waals surface area contributed by atoms with Gasteiger partial charge in [-0.1, -0.05) is 35.3 Å². The third-order valence-corrected chi connectivity index (χ3v) is 4.22. The highest BCUT2D eigenvalue weighted by Crippen LogP contribution is 2.35. The number of non-ortho nitro benzene ring substituents is 1. The Bertz CT molecular complexity index is 867. The smallest absolute Gasteiger partial charge is 0.277 e. The quantitative estimate of drug-likeness (QED) is 0.387. The first-order chi connectivity index (χ1) is 12.3. The maximum absolute atomic E-state index is 11.9. The lowest BCUT2D eigenvalue weighted by Crippen LogP contribution is -2.25. The van der Waals surface area contributed by atoms with Crippen LogP contribution in [0.15, 0.2) is 46.0 Å². The number of benzene rings is 2. The molecular weight excluding hydrogens is 449 g/mol. The van der Waals surface area contributed by atoms with Crippen molar-refractivity contribution in [2.45, 2.75) is 6.92 Å². The van der Waals surface area contributed by atoms with Gasteiger partial charge in [0.15, 0.2) is 12.4 Å². The Morgan fingerprint density at radius 3 is 2.73 bits per heavy atom. The lowest BCUT2D eigenvalue weighted by atomic mass is 10.1. The van der Waals surface area contributed by atoms with Crippen LogP contribution in [0, 0.1) is 10.1 Å². The first-order valence-corrected chi connectivity index (χ1v) is 8.68. The zero-order chi connectivity index (χ0) is 19.3. The molecule has 0 aliphatic rings. The zero-order valence-electron chi connectivity index (χ0n) is 13.3. The molecule has 0 unspecified atom stereocenters. The summed E-state index contributed by atoms with van der Waals surface area (Å²) in [7, 11) is 0. The molecule has 136 valence electrons. The molecule has 2 rings (SSSR count). The molecule has 0 saturated carbocycles. The van der Waals surface area contributed by atoms with E-state index in [2.05, 4.69) is 26.5 Å². The summed E-state index contributed by atoms with van der Waals surface area (Å²) in [5, 5.41) is 15.4. The fourth-order valence-corrected chi connectivity index (χ4v) is 3.26. The van der Waals surface area contributed by atoms with Crippen molar-refractivity contribution in [1.29, 1.82) is 0 Å². The summed E-state index contributed by atoms with van der Waals surface area (Å²) < 4.78 is 5.88. The summed E-state index contributed by atoms with van der Waals surface area (Å²) in [6.45, 7) is 1.29. The molecule has 0 heterocycles. The Balaban J connectivity index is 1.99. The van der Waals surface area contributed by atoms with Gasteiger partial charge in [-0.05, 0) is 35.0 Å². The highest BCUT2D eigenvalue weighted by atomic mass is 79.9. The number of nitrogens with zero attached hydrogens (tertiary/aromatic N) is 2. The third kappa shape index (κ3) is 5.42. The fraction of sp³-hybridized carbons (Fsp3) is 0.125. The molecule has 0 radical (unpaired) electrons. The summed E-state index contributed by atoms with van der Waals surface area (Å²) in [6.07, 6.45) is 0. The molecule has 0 saturated heterocycles. The van der Waals surface area contributed by atoms with Crippen LogP contribution >= 0.6 is 39.1 Å². The second kappa shape index (κ2) is 8.98. The maximum atomic E-state index is 11.9. The SMILES string of the molecule is C/C(=N/NC(=O)COc1c(Cl)cc(Cl)cc1Br)c1cccc([N+](=O)[O-])c1. The van der Waals surface area contributed by atoms with Crippen LogP contribution in [-0.2, 0) is 4.79 Å². The van der Waals surface area contributed by atoms with Gasteiger partial charge in [-0.25, -0.2) is 5.43 Å². The van der Waals surface area contributed by atoms with Gasteiger partial charge in [-0.15, -0.1) is 0 Å². The lowest BCUT2D eigenvalue weighted by molar-refractivity contribution is -0.384. The number of nitro groups is 1. The molecule has 2 aromatic carbocycles. The van der Waals surface area contributed by atoms with Crippen LogP contribution in [0.25, 0.3) is 0 Å². The van der Waals surface area contributed by atoms with Crippen molar-refractivity contribution in [2.24, 2.45) is 5.10 Å². The summed E-state index contributed by atoms with van der Waals surface area (Å²) in [4.78, 5) is 22.2. The minimum Gasteiger partial charge on any atom is -0.481 e. The van der Waals surface area contributed by atoms with Crippen LogP contribution < -0.4 is 10.2 Å². The van der Waals surface area contributed by atoms with Gasteiger partial charge < -0.3 is 4.74 Å². The number of nitro benzene ring substituents is 1. The number of amides is 1. The number of halogens is 3. The highest BCUT2D eigenvalue weighted by Gasteiger charge is 2.11. The second-order valence-electron chi connectivity index (χ2n) is 5.03. The number of hydrogen-bond acceptors (Lipinski definition) is 5. The van der Waals surface area contributed by atoms with Crippen LogP contribution in [0.5, 0.6) is 5.75 Å². The molecule has 0 aliphatic carbocycles. The van der Waals surface area contributed by atoms with Crippen molar-refractivity contribution < 1.29 is 14.5 Å². The topological polar surface area (TPSA) is 93.8 Å². The van der Waals surface area contributed by atoms with Gasteiger partial charge in [0.2, 0.25) is 0 Å². The number of rotatable bonds is 6. The monoisotopic (exact) mass is 459 g/mol. The number of hydrazone groups is 1. The van der Waals surface area contributed by atoms with E-state index in [0.717, 1.165) is 0 Å².